The molecule has 2 saturated heterocycles. The van der Waals surface area contributed by atoms with Gasteiger partial charge in [0.1, 0.15) is 12.4 Å². The van der Waals surface area contributed by atoms with Crippen LogP contribution in [0.2, 0.25) is 0 Å². The molecule has 35 heavy (non-hydrogen) atoms. The topological polar surface area (TPSA) is 131 Å². The van der Waals surface area contributed by atoms with Crippen molar-refractivity contribution in [3.05, 3.63) is 24.3 Å². The van der Waals surface area contributed by atoms with Crippen LogP contribution in [0.25, 0.3) is 0 Å². The van der Waals surface area contributed by atoms with Crippen molar-refractivity contribution in [2.45, 2.75) is 56.0 Å². The predicted molar refractivity (Wildman–Crippen MR) is 125 cm³/mol. The van der Waals surface area contributed by atoms with Gasteiger partial charge in [-0.3, -0.25) is 14.8 Å². The molecule has 0 spiro atoms. The van der Waals surface area contributed by atoms with Gasteiger partial charge in [0.2, 0.25) is 5.91 Å². The van der Waals surface area contributed by atoms with Crippen molar-refractivity contribution in [2.24, 2.45) is 5.41 Å². The number of hydroxylamine groups is 1. The third-order valence-electron chi connectivity index (χ3n) is 6.50. The van der Waals surface area contributed by atoms with Crippen molar-refractivity contribution in [1.29, 1.82) is 0 Å². The Labute approximate surface area is 205 Å². The lowest BCUT2D eigenvalue weighted by molar-refractivity contribution is -0.279. The Balaban J connectivity index is 1.79. The van der Waals surface area contributed by atoms with Crippen LogP contribution in [-0.4, -0.2) is 73.8 Å². The van der Waals surface area contributed by atoms with Crippen LogP contribution in [-0.2, 0) is 28.9 Å². The van der Waals surface area contributed by atoms with E-state index in [0.29, 0.717) is 5.75 Å². The van der Waals surface area contributed by atoms with Crippen molar-refractivity contribution in [3.63, 3.8) is 0 Å². The number of piperidine rings is 1. The predicted octanol–water partition coefficient (Wildman–Crippen LogP) is 1.52. The molecule has 2 heterocycles. The highest BCUT2D eigenvalue weighted by Gasteiger charge is 2.54. The molecule has 2 amide bonds. The number of nitrogens with zero attached hydrogens (tertiary/aromatic N) is 1. The fourth-order valence-electron chi connectivity index (χ4n) is 4.18. The lowest BCUT2D eigenvalue weighted by Crippen LogP contribution is -2.61. The van der Waals surface area contributed by atoms with Gasteiger partial charge in [-0.15, -0.1) is 5.92 Å². The molecule has 0 radical (unpaired) electrons. The molecule has 2 fully saturated rings. The Morgan fingerprint density at radius 3 is 2.20 bits per heavy atom. The summed E-state index contributed by atoms with van der Waals surface area (Å²) in [4.78, 5) is 27.4. The third-order valence-corrected chi connectivity index (χ3v) is 9.02. The highest BCUT2D eigenvalue weighted by Crippen LogP contribution is 2.38. The first-order chi connectivity index (χ1) is 16.4. The minimum Gasteiger partial charge on any atom is -0.481 e. The molecule has 10 nitrogen and oxygen atoms in total. The first-order valence-corrected chi connectivity index (χ1v) is 12.8. The molecule has 1 aromatic rings. The molecule has 1 aromatic carbocycles. The average molecular weight is 509 g/mol. The zero-order valence-corrected chi connectivity index (χ0v) is 21.2. The van der Waals surface area contributed by atoms with E-state index in [2.05, 4.69) is 11.8 Å². The number of sulfone groups is 1. The number of ether oxygens (including phenoxy) is 3. The molecular weight excluding hydrogens is 476 g/mol. The minimum atomic E-state index is -4.22. The molecule has 192 valence electrons. The first kappa shape index (κ1) is 26.9. The highest BCUT2D eigenvalue weighted by atomic mass is 32.2. The van der Waals surface area contributed by atoms with E-state index >= 15 is 0 Å². The Bertz CT molecular complexity index is 1100. The van der Waals surface area contributed by atoms with E-state index in [1.807, 2.05) is 0 Å². The number of hydrogen-bond acceptors (Lipinski definition) is 8. The summed E-state index contributed by atoms with van der Waals surface area (Å²) >= 11 is 0. The molecule has 2 aliphatic heterocycles. The molecule has 11 heteroatoms. The van der Waals surface area contributed by atoms with Crippen molar-refractivity contribution in [3.8, 4) is 17.6 Å². The van der Waals surface area contributed by atoms with Gasteiger partial charge in [-0.25, -0.2) is 13.9 Å². The second kappa shape index (κ2) is 10.1. The zero-order chi connectivity index (χ0) is 25.9. The van der Waals surface area contributed by atoms with Crippen LogP contribution >= 0.6 is 0 Å². The van der Waals surface area contributed by atoms with Gasteiger partial charge in [0.25, 0.3) is 5.91 Å². The molecule has 0 atom stereocenters. The standard InChI is InChI=1S/C24H32N2O8S/c1-5-6-15-32-18-7-9-19(10-8-18)35(30,31)24(20(27)25-29)11-13-26(14-12-24)21(28)23(4)16-33-22(2,3)34-17-23/h7-10,29H,11-17H2,1-4H3,(H,25,27). The Kier molecular flexibility index (Phi) is 7.81. The number of amides is 2. The Morgan fingerprint density at radius 1 is 1.11 bits per heavy atom. The summed E-state index contributed by atoms with van der Waals surface area (Å²) in [6.07, 6.45) is -0.359. The Hall–Kier alpha value is -2.65. The van der Waals surface area contributed by atoms with Gasteiger partial charge < -0.3 is 19.1 Å². The average Bonchev–Trinajstić information content (AvgIpc) is 2.85. The number of nitrogens with one attached hydrogen (secondary N) is 1. The number of carbonyl (C=O) groups is 2. The summed E-state index contributed by atoms with van der Waals surface area (Å²) in [7, 11) is -4.22. The first-order valence-electron chi connectivity index (χ1n) is 11.3. The van der Waals surface area contributed by atoms with Gasteiger partial charge in [0.05, 0.1) is 23.5 Å². The number of hydrogen-bond donors (Lipinski definition) is 2. The molecule has 2 aliphatic rings. The van der Waals surface area contributed by atoms with Gasteiger partial charge in [0, 0.05) is 13.1 Å². The van der Waals surface area contributed by atoms with Crippen LogP contribution in [0.3, 0.4) is 0 Å². The summed E-state index contributed by atoms with van der Waals surface area (Å²) < 4.78 is 42.0. The number of benzene rings is 1. The monoisotopic (exact) mass is 508 g/mol. The summed E-state index contributed by atoms with van der Waals surface area (Å²) in [6.45, 7) is 7.46. The van der Waals surface area contributed by atoms with Crippen molar-refractivity contribution >= 4 is 21.7 Å². The van der Waals surface area contributed by atoms with E-state index in [9.17, 15) is 23.2 Å². The molecule has 0 saturated carbocycles. The minimum absolute atomic E-state index is 0.0152. The molecule has 0 bridgehead atoms. The molecule has 3 rings (SSSR count). The lowest BCUT2D eigenvalue weighted by Gasteiger charge is -2.45. The maximum Gasteiger partial charge on any atom is 0.265 e. The maximum absolute atomic E-state index is 13.6. The summed E-state index contributed by atoms with van der Waals surface area (Å²) in [5.74, 6) is 3.83. The molecule has 2 N–H and O–H groups in total. The van der Waals surface area contributed by atoms with Crippen molar-refractivity contribution in [2.75, 3.05) is 32.9 Å². The number of rotatable bonds is 6. The van der Waals surface area contributed by atoms with E-state index in [0.717, 1.165) is 0 Å². The molecule has 0 aromatic heterocycles. The molecular formula is C24H32N2O8S. The largest absolute Gasteiger partial charge is 0.481 e. The van der Waals surface area contributed by atoms with Crippen molar-refractivity contribution in [1.82, 2.24) is 10.4 Å². The van der Waals surface area contributed by atoms with Crippen LogP contribution in [0.1, 0.15) is 40.5 Å². The fraction of sp³-hybridized carbons (Fsp3) is 0.583. The van der Waals surface area contributed by atoms with Crippen LogP contribution in [0.5, 0.6) is 5.75 Å². The van der Waals surface area contributed by atoms with E-state index in [-0.39, 0.29) is 56.6 Å². The van der Waals surface area contributed by atoms with Gasteiger partial charge in [-0.1, -0.05) is 5.92 Å². The SMILES string of the molecule is CC#CCOc1ccc(S(=O)(=O)C2(C(=O)NO)CCN(C(=O)C3(C)COC(C)(C)OC3)CC2)cc1. The van der Waals surface area contributed by atoms with E-state index in [1.165, 1.54) is 34.6 Å². The molecule has 0 unspecified atom stereocenters. The van der Waals surface area contributed by atoms with E-state index in [1.54, 1.807) is 27.7 Å². The van der Waals surface area contributed by atoms with Crippen molar-refractivity contribution < 1.29 is 37.4 Å². The normalized spacial score (nSPS) is 20.8. The van der Waals surface area contributed by atoms with Crippen LogP contribution in [0.4, 0.5) is 0 Å². The van der Waals surface area contributed by atoms with Gasteiger partial charge in [-0.2, -0.15) is 0 Å². The second-order valence-corrected chi connectivity index (χ2v) is 11.7. The second-order valence-electron chi connectivity index (χ2n) is 9.46. The highest BCUT2D eigenvalue weighted by molar-refractivity contribution is 7.93. The van der Waals surface area contributed by atoms with E-state index < -0.39 is 31.7 Å². The van der Waals surface area contributed by atoms with Crippen LogP contribution in [0, 0.1) is 17.3 Å². The maximum atomic E-state index is 13.6. The summed E-state index contributed by atoms with van der Waals surface area (Å²) in [6, 6.07) is 5.68. The van der Waals surface area contributed by atoms with Crippen LogP contribution in [0.15, 0.2) is 29.2 Å². The number of likely N-dealkylation sites (tertiary alicyclic amines) is 1. The summed E-state index contributed by atoms with van der Waals surface area (Å²) in [5.41, 5.74) is 0.595. The van der Waals surface area contributed by atoms with Gasteiger partial charge in [0.15, 0.2) is 20.4 Å². The zero-order valence-electron chi connectivity index (χ0n) is 20.4. The van der Waals surface area contributed by atoms with Gasteiger partial charge >= 0.3 is 0 Å². The smallest absolute Gasteiger partial charge is 0.265 e. The van der Waals surface area contributed by atoms with Crippen LogP contribution < -0.4 is 10.2 Å². The van der Waals surface area contributed by atoms with E-state index in [4.69, 9.17) is 14.2 Å². The summed E-state index contributed by atoms with van der Waals surface area (Å²) in [5, 5.41) is 9.39. The molecule has 0 aliphatic carbocycles. The Morgan fingerprint density at radius 2 is 1.69 bits per heavy atom. The number of carbonyl (C=O) groups excluding carboxylic acids is 2. The quantitative estimate of drug-likeness (QED) is 0.336. The third kappa shape index (κ3) is 5.30. The fourth-order valence-corrected chi connectivity index (χ4v) is 6.13. The van der Waals surface area contributed by atoms with Gasteiger partial charge in [-0.05, 0) is 64.8 Å². The lowest BCUT2D eigenvalue weighted by atomic mass is 9.87.